The van der Waals surface area contributed by atoms with E-state index in [0.29, 0.717) is 6.42 Å². The summed E-state index contributed by atoms with van der Waals surface area (Å²) in [5, 5.41) is 9.15. The van der Waals surface area contributed by atoms with Crippen LogP contribution in [0.3, 0.4) is 0 Å². The number of aromatic carboxylic acids is 1. The van der Waals surface area contributed by atoms with Crippen molar-refractivity contribution in [2.45, 2.75) is 39.2 Å². The van der Waals surface area contributed by atoms with Crippen molar-refractivity contribution in [3.05, 3.63) is 45.5 Å². The van der Waals surface area contributed by atoms with Crippen molar-refractivity contribution < 1.29 is 9.90 Å². The SMILES string of the molecule is CCc1cc(C(=O)O)c(=O)[nH]c1-c1cc(CN2CCCCC2)n(C)c1. The number of hydrogen-bond donors (Lipinski definition) is 2. The molecule has 2 aromatic rings. The molecule has 0 aromatic carbocycles. The molecule has 1 aliphatic rings. The number of aromatic amines is 1. The van der Waals surface area contributed by atoms with Crippen molar-refractivity contribution in [3.8, 4) is 11.3 Å². The Morgan fingerprint density at radius 3 is 2.60 bits per heavy atom. The largest absolute Gasteiger partial charge is 0.477 e. The third-order valence-corrected chi connectivity index (χ3v) is 4.96. The minimum Gasteiger partial charge on any atom is -0.477 e. The molecule has 1 aliphatic heterocycles. The summed E-state index contributed by atoms with van der Waals surface area (Å²) in [6.07, 6.45) is 6.47. The monoisotopic (exact) mass is 343 g/mol. The lowest BCUT2D eigenvalue weighted by Gasteiger charge is -2.26. The summed E-state index contributed by atoms with van der Waals surface area (Å²) >= 11 is 0. The number of nitrogens with zero attached hydrogens (tertiary/aromatic N) is 2. The van der Waals surface area contributed by atoms with Gasteiger partial charge in [0.05, 0.1) is 5.69 Å². The predicted molar refractivity (Wildman–Crippen MR) is 96.9 cm³/mol. The zero-order chi connectivity index (χ0) is 18.0. The van der Waals surface area contributed by atoms with Crippen molar-refractivity contribution in [1.82, 2.24) is 14.5 Å². The first kappa shape index (κ1) is 17.5. The Labute approximate surface area is 147 Å². The van der Waals surface area contributed by atoms with E-state index in [-0.39, 0.29) is 5.56 Å². The van der Waals surface area contributed by atoms with Crippen LogP contribution in [0.2, 0.25) is 0 Å². The molecule has 1 saturated heterocycles. The van der Waals surface area contributed by atoms with Crippen molar-refractivity contribution >= 4 is 5.97 Å². The Kier molecular flexibility index (Phi) is 5.08. The molecule has 0 amide bonds. The van der Waals surface area contributed by atoms with E-state index < -0.39 is 11.5 Å². The number of carboxylic acids is 1. The molecule has 1 fully saturated rings. The summed E-state index contributed by atoms with van der Waals surface area (Å²) in [6.45, 7) is 5.12. The standard InChI is InChI=1S/C19H25N3O3/c1-3-13-10-16(19(24)25)18(23)20-17(13)14-9-15(21(2)11-14)12-22-7-5-4-6-8-22/h9-11H,3-8,12H2,1-2H3,(H,20,23)(H,24,25). The fourth-order valence-corrected chi connectivity index (χ4v) is 3.52. The highest BCUT2D eigenvalue weighted by molar-refractivity contribution is 5.88. The van der Waals surface area contributed by atoms with Gasteiger partial charge < -0.3 is 14.7 Å². The van der Waals surface area contributed by atoms with Gasteiger partial charge in [0.2, 0.25) is 0 Å². The number of nitrogens with one attached hydrogen (secondary N) is 1. The molecule has 25 heavy (non-hydrogen) atoms. The van der Waals surface area contributed by atoms with E-state index in [1.54, 1.807) is 0 Å². The van der Waals surface area contributed by atoms with E-state index in [1.807, 2.05) is 20.2 Å². The van der Waals surface area contributed by atoms with Gasteiger partial charge in [0, 0.05) is 31.0 Å². The number of hydrogen-bond acceptors (Lipinski definition) is 3. The Hall–Kier alpha value is -2.34. The zero-order valence-electron chi connectivity index (χ0n) is 14.8. The quantitative estimate of drug-likeness (QED) is 0.875. The molecule has 0 unspecified atom stereocenters. The van der Waals surface area contributed by atoms with Crippen molar-refractivity contribution in [3.63, 3.8) is 0 Å². The van der Waals surface area contributed by atoms with Crippen LogP contribution in [0.4, 0.5) is 0 Å². The van der Waals surface area contributed by atoms with E-state index in [1.165, 1.54) is 31.0 Å². The Morgan fingerprint density at radius 1 is 1.24 bits per heavy atom. The molecule has 0 bridgehead atoms. The molecule has 6 heteroatoms. The second-order valence-corrected chi connectivity index (χ2v) is 6.74. The van der Waals surface area contributed by atoms with E-state index in [2.05, 4.69) is 20.5 Å². The van der Waals surface area contributed by atoms with Gasteiger partial charge >= 0.3 is 5.97 Å². The fourth-order valence-electron chi connectivity index (χ4n) is 3.52. The Bertz CT molecular complexity index is 829. The van der Waals surface area contributed by atoms with Crippen LogP contribution in [0.15, 0.2) is 23.1 Å². The van der Waals surface area contributed by atoms with Gasteiger partial charge in [0.25, 0.3) is 5.56 Å². The maximum Gasteiger partial charge on any atom is 0.341 e. The number of aryl methyl sites for hydroxylation is 2. The molecule has 2 N–H and O–H groups in total. The Balaban J connectivity index is 1.94. The normalized spacial score (nSPS) is 15.4. The van der Waals surface area contributed by atoms with Gasteiger partial charge in [-0.15, -0.1) is 0 Å². The molecular formula is C19H25N3O3. The number of likely N-dealkylation sites (tertiary alicyclic amines) is 1. The van der Waals surface area contributed by atoms with E-state index in [4.69, 9.17) is 5.11 Å². The van der Waals surface area contributed by atoms with Gasteiger partial charge in [-0.25, -0.2) is 4.79 Å². The number of carbonyl (C=O) groups is 1. The maximum absolute atomic E-state index is 12.1. The number of rotatable bonds is 5. The van der Waals surface area contributed by atoms with Crippen LogP contribution < -0.4 is 5.56 Å². The zero-order valence-corrected chi connectivity index (χ0v) is 14.8. The van der Waals surface area contributed by atoms with Crippen molar-refractivity contribution in [2.24, 2.45) is 7.05 Å². The summed E-state index contributed by atoms with van der Waals surface area (Å²) in [4.78, 5) is 28.5. The number of carboxylic acid groups (broad SMARTS) is 1. The van der Waals surface area contributed by atoms with Crippen LogP contribution >= 0.6 is 0 Å². The van der Waals surface area contributed by atoms with Crippen molar-refractivity contribution in [1.29, 1.82) is 0 Å². The van der Waals surface area contributed by atoms with Crippen LogP contribution in [-0.4, -0.2) is 38.6 Å². The van der Waals surface area contributed by atoms with Gasteiger partial charge in [0.1, 0.15) is 5.56 Å². The maximum atomic E-state index is 12.1. The molecule has 0 saturated carbocycles. The number of piperidine rings is 1. The first-order valence-electron chi connectivity index (χ1n) is 8.87. The smallest absolute Gasteiger partial charge is 0.341 e. The van der Waals surface area contributed by atoms with Crippen LogP contribution in [0.1, 0.15) is 47.8 Å². The van der Waals surface area contributed by atoms with Crippen LogP contribution in [0, 0.1) is 0 Å². The van der Waals surface area contributed by atoms with Crippen LogP contribution in [-0.2, 0) is 20.0 Å². The van der Waals surface area contributed by atoms with Gasteiger partial charge in [-0.2, -0.15) is 0 Å². The average molecular weight is 343 g/mol. The van der Waals surface area contributed by atoms with Gasteiger partial charge in [-0.3, -0.25) is 9.69 Å². The average Bonchev–Trinajstić information content (AvgIpc) is 2.96. The molecule has 134 valence electrons. The molecule has 2 aromatic heterocycles. The summed E-state index contributed by atoms with van der Waals surface area (Å²) in [7, 11) is 2.01. The Morgan fingerprint density at radius 2 is 1.96 bits per heavy atom. The minimum absolute atomic E-state index is 0.204. The van der Waals surface area contributed by atoms with E-state index >= 15 is 0 Å². The van der Waals surface area contributed by atoms with Crippen molar-refractivity contribution in [2.75, 3.05) is 13.1 Å². The molecule has 0 spiro atoms. The van der Waals surface area contributed by atoms with Crippen LogP contribution in [0.25, 0.3) is 11.3 Å². The predicted octanol–water partition coefficient (Wildman–Crippen LogP) is 2.63. The molecule has 6 nitrogen and oxygen atoms in total. The number of pyridine rings is 1. The molecular weight excluding hydrogens is 318 g/mol. The first-order valence-corrected chi connectivity index (χ1v) is 8.87. The summed E-state index contributed by atoms with van der Waals surface area (Å²) < 4.78 is 2.09. The number of H-pyrrole nitrogens is 1. The lowest BCUT2D eigenvalue weighted by atomic mass is 10.0. The lowest BCUT2D eigenvalue weighted by Crippen LogP contribution is -2.29. The van der Waals surface area contributed by atoms with Gasteiger partial charge in [0.15, 0.2) is 0 Å². The highest BCUT2D eigenvalue weighted by atomic mass is 16.4. The highest BCUT2D eigenvalue weighted by Crippen LogP contribution is 2.25. The molecule has 3 rings (SSSR count). The second kappa shape index (κ2) is 7.27. The van der Waals surface area contributed by atoms with E-state index in [9.17, 15) is 9.59 Å². The summed E-state index contributed by atoms with van der Waals surface area (Å²) in [6, 6.07) is 3.59. The molecule has 0 atom stereocenters. The van der Waals surface area contributed by atoms with Gasteiger partial charge in [-0.05, 0) is 50.0 Å². The molecule has 0 aliphatic carbocycles. The van der Waals surface area contributed by atoms with E-state index in [0.717, 1.165) is 36.5 Å². The third-order valence-electron chi connectivity index (χ3n) is 4.96. The minimum atomic E-state index is -1.19. The summed E-state index contributed by atoms with van der Waals surface area (Å²) in [5.74, 6) is -1.19. The third kappa shape index (κ3) is 3.69. The highest BCUT2D eigenvalue weighted by Gasteiger charge is 2.17. The first-order chi connectivity index (χ1) is 12.0. The second-order valence-electron chi connectivity index (χ2n) is 6.74. The fraction of sp³-hybridized carbons (Fsp3) is 0.474. The lowest BCUT2D eigenvalue weighted by molar-refractivity contribution is 0.0695. The van der Waals surface area contributed by atoms with Crippen LogP contribution in [0.5, 0.6) is 0 Å². The summed E-state index contributed by atoms with van der Waals surface area (Å²) in [5.41, 5.74) is 2.93. The molecule has 3 heterocycles. The topological polar surface area (TPSA) is 78.3 Å². The number of aromatic nitrogens is 2. The molecule has 0 radical (unpaired) electrons. The van der Waals surface area contributed by atoms with Gasteiger partial charge in [-0.1, -0.05) is 13.3 Å².